The molecule has 0 aromatic heterocycles. The molecule has 3 rings (SSSR count). The molecule has 156 valence electrons. The predicted octanol–water partition coefficient (Wildman–Crippen LogP) is 1.82. The third-order valence-corrected chi connectivity index (χ3v) is 5.40. The summed E-state index contributed by atoms with van der Waals surface area (Å²) in [6, 6.07) is 6.06. The maximum absolute atomic E-state index is 5.68. The molecule has 2 aliphatic rings. The van der Waals surface area contributed by atoms with Crippen LogP contribution in [0.3, 0.4) is 0 Å². The van der Waals surface area contributed by atoms with Gasteiger partial charge in [-0.1, -0.05) is 6.07 Å². The smallest absolute Gasteiger partial charge is 0.193 e. The van der Waals surface area contributed by atoms with E-state index in [1.807, 2.05) is 26.1 Å². The second-order valence-electron chi connectivity index (χ2n) is 7.33. The molecule has 1 aromatic rings. The molecule has 2 fully saturated rings. The molecule has 0 aliphatic carbocycles. The normalized spacial score (nSPS) is 21.0. The van der Waals surface area contributed by atoms with Gasteiger partial charge in [-0.25, -0.2) is 0 Å². The number of nitrogens with zero attached hydrogens (tertiary/aromatic N) is 3. The number of likely N-dealkylation sites (tertiary alicyclic amines) is 1. The number of hydrogen-bond donors (Lipinski definition) is 1. The van der Waals surface area contributed by atoms with Crippen LogP contribution in [0.1, 0.15) is 18.9 Å². The third kappa shape index (κ3) is 5.52. The Labute approximate surface area is 168 Å². The molecular formula is C21H34N4O3. The number of ether oxygens (including phenoxy) is 3. The molecule has 1 aromatic carbocycles. The van der Waals surface area contributed by atoms with Crippen LogP contribution in [0.15, 0.2) is 23.2 Å². The summed E-state index contributed by atoms with van der Waals surface area (Å²) in [5.74, 6) is 3.21. The summed E-state index contributed by atoms with van der Waals surface area (Å²) in [7, 11) is 3.52. The first-order valence-electron chi connectivity index (χ1n) is 10.3. The number of hydrogen-bond acceptors (Lipinski definition) is 5. The first-order chi connectivity index (χ1) is 13.7. The van der Waals surface area contributed by atoms with Crippen molar-refractivity contribution < 1.29 is 14.2 Å². The van der Waals surface area contributed by atoms with Crippen LogP contribution in [0, 0.1) is 5.92 Å². The summed E-state index contributed by atoms with van der Waals surface area (Å²) >= 11 is 0. The van der Waals surface area contributed by atoms with Crippen LogP contribution in [-0.4, -0.2) is 82.5 Å². The lowest BCUT2D eigenvalue weighted by atomic mass is 10.1. The van der Waals surface area contributed by atoms with Crippen LogP contribution >= 0.6 is 0 Å². The van der Waals surface area contributed by atoms with Gasteiger partial charge in [0, 0.05) is 46.3 Å². The Morgan fingerprint density at radius 1 is 1.25 bits per heavy atom. The number of morpholine rings is 1. The molecular weight excluding hydrogens is 356 g/mol. The zero-order valence-electron chi connectivity index (χ0n) is 17.4. The van der Waals surface area contributed by atoms with Crippen molar-refractivity contribution in [3.8, 4) is 11.5 Å². The van der Waals surface area contributed by atoms with Gasteiger partial charge < -0.3 is 24.4 Å². The largest absolute Gasteiger partial charge is 0.493 e. The maximum Gasteiger partial charge on any atom is 0.193 e. The number of rotatable bonds is 7. The highest BCUT2D eigenvalue weighted by Crippen LogP contribution is 2.28. The second-order valence-corrected chi connectivity index (χ2v) is 7.33. The van der Waals surface area contributed by atoms with Crippen molar-refractivity contribution in [3.05, 3.63) is 23.8 Å². The van der Waals surface area contributed by atoms with Crippen molar-refractivity contribution in [2.24, 2.45) is 10.9 Å². The van der Waals surface area contributed by atoms with Gasteiger partial charge in [0.1, 0.15) is 0 Å². The van der Waals surface area contributed by atoms with E-state index in [1.54, 1.807) is 7.11 Å². The van der Waals surface area contributed by atoms with Gasteiger partial charge in [0.05, 0.1) is 26.9 Å². The Balaban J connectivity index is 1.51. The Kier molecular flexibility index (Phi) is 7.80. The van der Waals surface area contributed by atoms with Crippen LogP contribution in [0.5, 0.6) is 11.5 Å². The van der Waals surface area contributed by atoms with Crippen LogP contribution in [0.2, 0.25) is 0 Å². The van der Waals surface area contributed by atoms with Crippen LogP contribution in [0.4, 0.5) is 0 Å². The average molecular weight is 391 g/mol. The Hall–Kier alpha value is -1.99. The number of guanidine groups is 1. The quantitative estimate of drug-likeness (QED) is 0.566. The van der Waals surface area contributed by atoms with Crippen molar-refractivity contribution in [2.75, 3.05) is 66.7 Å². The van der Waals surface area contributed by atoms with E-state index in [2.05, 4.69) is 26.2 Å². The van der Waals surface area contributed by atoms with Crippen LogP contribution in [-0.2, 0) is 11.3 Å². The molecule has 0 radical (unpaired) electrons. The molecule has 0 spiro atoms. The van der Waals surface area contributed by atoms with Gasteiger partial charge in [-0.15, -0.1) is 0 Å². The van der Waals surface area contributed by atoms with Gasteiger partial charge in [0.15, 0.2) is 17.5 Å². The zero-order chi connectivity index (χ0) is 19.8. The summed E-state index contributed by atoms with van der Waals surface area (Å²) in [5, 5.41) is 3.50. The van der Waals surface area contributed by atoms with Crippen molar-refractivity contribution in [3.63, 3.8) is 0 Å². The summed E-state index contributed by atoms with van der Waals surface area (Å²) in [6.07, 6.45) is 1.22. The second kappa shape index (κ2) is 10.5. The van der Waals surface area contributed by atoms with E-state index in [-0.39, 0.29) is 0 Å². The average Bonchev–Trinajstić information content (AvgIpc) is 3.18. The van der Waals surface area contributed by atoms with Crippen molar-refractivity contribution in [1.29, 1.82) is 0 Å². The fourth-order valence-corrected chi connectivity index (χ4v) is 3.94. The van der Waals surface area contributed by atoms with E-state index in [0.717, 1.165) is 69.0 Å². The van der Waals surface area contributed by atoms with E-state index in [1.165, 1.54) is 6.42 Å². The number of benzene rings is 1. The Morgan fingerprint density at radius 3 is 2.79 bits per heavy atom. The molecule has 2 aliphatic heterocycles. The van der Waals surface area contributed by atoms with E-state index in [4.69, 9.17) is 14.2 Å². The monoisotopic (exact) mass is 390 g/mol. The lowest BCUT2D eigenvalue weighted by molar-refractivity contribution is 0.0315. The van der Waals surface area contributed by atoms with Gasteiger partial charge in [0.2, 0.25) is 0 Å². The molecule has 2 heterocycles. The molecule has 0 saturated carbocycles. The molecule has 0 bridgehead atoms. The van der Waals surface area contributed by atoms with E-state index >= 15 is 0 Å². The fraction of sp³-hybridized carbons (Fsp3) is 0.667. The molecule has 7 heteroatoms. The molecule has 0 amide bonds. The molecule has 1 unspecified atom stereocenters. The fourth-order valence-electron chi connectivity index (χ4n) is 3.94. The minimum absolute atomic E-state index is 0.618. The number of nitrogens with one attached hydrogen (secondary N) is 1. The first kappa shape index (κ1) is 20.7. The standard InChI is InChI=1S/C21H34N4O3/c1-4-28-20-13-17(5-6-19(20)26-3)14-23-21(22-2)25-8-7-18(16-25)15-24-9-11-27-12-10-24/h5-6,13,18H,4,7-12,14-16H2,1-3H3,(H,22,23). The predicted molar refractivity (Wildman–Crippen MR) is 111 cm³/mol. The van der Waals surface area contributed by atoms with Gasteiger partial charge in [-0.05, 0) is 37.0 Å². The zero-order valence-corrected chi connectivity index (χ0v) is 17.4. The highest BCUT2D eigenvalue weighted by Gasteiger charge is 2.27. The third-order valence-electron chi connectivity index (χ3n) is 5.40. The maximum atomic E-state index is 5.68. The summed E-state index contributed by atoms with van der Waals surface area (Å²) < 4.78 is 16.5. The minimum atomic E-state index is 0.618. The SMILES string of the molecule is CCOc1cc(CNC(=NC)N2CCC(CN3CCOCC3)C2)ccc1OC. The van der Waals surface area contributed by atoms with Crippen molar-refractivity contribution in [1.82, 2.24) is 15.1 Å². The topological polar surface area (TPSA) is 58.6 Å². The summed E-state index contributed by atoms with van der Waals surface area (Å²) in [4.78, 5) is 9.40. The lowest BCUT2D eigenvalue weighted by Crippen LogP contribution is -2.42. The van der Waals surface area contributed by atoms with Gasteiger partial charge in [-0.2, -0.15) is 0 Å². The van der Waals surface area contributed by atoms with E-state index in [0.29, 0.717) is 19.1 Å². The minimum Gasteiger partial charge on any atom is -0.493 e. The van der Waals surface area contributed by atoms with Crippen LogP contribution < -0.4 is 14.8 Å². The molecule has 1 N–H and O–H groups in total. The van der Waals surface area contributed by atoms with Gasteiger partial charge in [0.25, 0.3) is 0 Å². The number of aliphatic imine (C=N–C) groups is 1. The lowest BCUT2D eigenvalue weighted by Gasteiger charge is -2.29. The summed E-state index contributed by atoms with van der Waals surface area (Å²) in [5.41, 5.74) is 1.15. The highest BCUT2D eigenvalue weighted by atomic mass is 16.5. The van der Waals surface area contributed by atoms with Crippen molar-refractivity contribution in [2.45, 2.75) is 19.9 Å². The first-order valence-corrected chi connectivity index (χ1v) is 10.3. The van der Waals surface area contributed by atoms with Gasteiger partial charge in [-0.3, -0.25) is 9.89 Å². The van der Waals surface area contributed by atoms with Crippen molar-refractivity contribution >= 4 is 5.96 Å². The number of methoxy groups -OCH3 is 1. The van der Waals surface area contributed by atoms with E-state index in [9.17, 15) is 0 Å². The van der Waals surface area contributed by atoms with Gasteiger partial charge >= 0.3 is 0 Å². The highest BCUT2D eigenvalue weighted by molar-refractivity contribution is 5.80. The Bertz CT molecular complexity index is 647. The molecule has 7 nitrogen and oxygen atoms in total. The molecule has 1 atom stereocenters. The van der Waals surface area contributed by atoms with Crippen LogP contribution in [0.25, 0.3) is 0 Å². The van der Waals surface area contributed by atoms with E-state index < -0.39 is 0 Å². The Morgan fingerprint density at radius 2 is 2.07 bits per heavy atom. The molecule has 28 heavy (non-hydrogen) atoms. The summed E-state index contributed by atoms with van der Waals surface area (Å²) in [6.45, 7) is 10.4. The molecule has 2 saturated heterocycles.